The number of hydrogen-bond donors (Lipinski definition) is 0. The molecule has 2 atom stereocenters. The van der Waals surface area contributed by atoms with E-state index in [-0.39, 0.29) is 26.1 Å². The van der Waals surface area contributed by atoms with Crippen LogP contribution in [0.4, 0.5) is 18.9 Å². The first kappa shape index (κ1) is 22.3. The number of halogens is 3. The fourth-order valence-electron chi connectivity index (χ4n) is 5.03. The number of hydrogen-bond acceptors (Lipinski definition) is 6. The molecule has 0 bridgehead atoms. The minimum absolute atomic E-state index is 0.0694. The zero-order chi connectivity index (χ0) is 23.1. The third-order valence-electron chi connectivity index (χ3n) is 6.99. The van der Waals surface area contributed by atoms with Gasteiger partial charge in [0.25, 0.3) is 0 Å². The van der Waals surface area contributed by atoms with Crippen LogP contribution >= 0.6 is 0 Å². The Morgan fingerprint density at radius 2 is 2.03 bits per heavy atom. The van der Waals surface area contributed by atoms with Crippen molar-refractivity contribution >= 4 is 22.6 Å². The van der Waals surface area contributed by atoms with Gasteiger partial charge in [-0.15, -0.1) is 0 Å². The summed E-state index contributed by atoms with van der Waals surface area (Å²) in [6.07, 6.45) is -3.24. The second-order valence-corrected chi connectivity index (χ2v) is 8.50. The smallest absolute Gasteiger partial charge is 0.397 e. The number of anilines is 1. The van der Waals surface area contributed by atoms with Crippen molar-refractivity contribution in [3.63, 3.8) is 0 Å². The van der Waals surface area contributed by atoms with Gasteiger partial charge >= 0.3 is 12.1 Å². The molecule has 32 heavy (non-hydrogen) atoms. The predicted molar refractivity (Wildman–Crippen MR) is 113 cm³/mol. The highest BCUT2D eigenvalue weighted by Gasteiger charge is 2.87. The maximum Gasteiger partial charge on any atom is 0.397 e. The number of fused-ring (bicyclic) bond motifs is 2. The van der Waals surface area contributed by atoms with Gasteiger partial charge in [-0.3, -0.25) is 9.78 Å². The Bertz CT molecular complexity index is 1080. The Labute approximate surface area is 184 Å². The molecular weight excluding hydrogens is 421 g/mol. The number of piperidine rings is 1. The minimum atomic E-state index is -4.53. The summed E-state index contributed by atoms with van der Waals surface area (Å²) in [5.74, 6) is -0.777. The van der Waals surface area contributed by atoms with Crippen LogP contribution in [0.25, 0.3) is 10.9 Å². The number of esters is 1. The van der Waals surface area contributed by atoms with Crippen molar-refractivity contribution in [2.24, 2.45) is 10.8 Å². The summed E-state index contributed by atoms with van der Waals surface area (Å²) in [4.78, 5) is 20.8. The molecule has 2 heterocycles. The molecule has 0 spiro atoms. The quantitative estimate of drug-likeness (QED) is 0.604. The topological polar surface area (TPSA) is 69.5 Å². The van der Waals surface area contributed by atoms with E-state index in [0.717, 1.165) is 13.1 Å². The van der Waals surface area contributed by atoms with Gasteiger partial charge in [-0.1, -0.05) is 13.8 Å². The molecule has 9 heteroatoms. The van der Waals surface area contributed by atoms with E-state index >= 15 is 0 Å². The maximum absolute atomic E-state index is 14.2. The van der Waals surface area contributed by atoms with E-state index in [1.165, 1.54) is 0 Å². The summed E-state index contributed by atoms with van der Waals surface area (Å²) >= 11 is 0. The molecule has 2 aromatic rings. The first-order chi connectivity index (χ1) is 15.2. The van der Waals surface area contributed by atoms with Crippen molar-refractivity contribution in [3.05, 3.63) is 36.0 Å². The van der Waals surface area contributed by atoms with Crippen molar-refractivity contribution in [2.75, 3.05) is 44.2 Å². The summed E-state index contributed by atoms with van der Waals surface area (Å²) in [6.45, 7) is 5.67. The lowest BCUT2D eigenvalue weighted by atomic mass is 9.96. The molecule has 0 N–H and O–H groups in total. The molecule has 1 aliphatic carbocycles. The van der Waals surface area contributed by atoms with Crippen molar-refractivity contribution in [3.8, 4) is 6.07 Å². The predicted octanol–water partition coefficient (Wildman–Crippen LogP) is 3.75. The summed E-state index contributed by atoms with van der Waals surface area (Å²) < 4.78 is 47.9. The van der Waals surface area contributed by atoms with Gasteiger partial charge in [0.05, 0.1) is 11.1 Å². The molecule has 0 radical (unpaired) electrons. The van der Waals surface area contributed by atoms with Crippen LogP contribution in [-0.2, 0) is 9.53 Å². The average molecular weight is 446 g/mol. The largest absolute Gasteiger partial charge is 0.464 e. The standard InChI is InChI=1S/C23H25F3N4O2/c1-3-29(4-2)10-11-32-20(31)21-13-22(21,23(24,25)26)15-30(14-21)18-8-7-16(12-27)19-17(18)6-5-9-28-19/h5-9H,3-4,10-11,13-15H2,1-2H3. The van der Waals surface area contributed by atoms with Crippen molar-refractivity contribution in [2.45, 2.75) is 26.4 Å². The molecule has 1 aromatic heterocycles. The third-order valence-corrected chi connectivity index (χ3v) is 6.99. The fraction of sp³-hybridized carbons (Fsp3) is 0.522. The molecule has 2 unspecified atom stereocenters. The van der Waals surface area contributed by atoms with Gasteiger partial charge in [0, 0.05) is 36.9 Å². The van der Waals surface area contributed by atoms with E-state index in [2.05, 4.69) is 11.1 Å². The molecule has 6 nitrogen and oxygen atoms in total. The Kier molecular flexibility index (Phi) is 5.53. The lowest BCUT2D eigenvalue weighted by Crippen LogP contribution is -2.36. The van der Waals surface area contributed by atoms with E-state index < -0.39 is 23.0 Å². The van der Waals surface area contributed by atoms with E-state index in [0.29, 0.717) is 28.7 Å². The number of rotatable bonds is 7. The number of nitriles is 1. The SMILES string of the molecule is CCN(CC)CCOC(=O)C12CN(c3ccc(C#N)c4ncccc34)CC1(C(F)(F)F)C2. The van der Waals surface area contributed by atoms with Gasteiger partial charge in [-0.25, -0.2) is 0 Å². The number of likely N-dealkylation sites (N-methyl/N-ethyl adjacent to an activating group) is 1. The van der Waals surface area contributed by atoms with E-state index in [9.17, 15) is 23.2 Å². The number of carbonyl (C=O) groups is 1. The number of pyridine rings is 1. The lowest BCUT2D eigenvalue weighted by molar-refractivity contribution is -0.196. The Morgan fingerprint density at radius 1 is 1.28 bits per heavy atom. The van der Waals surface area contributed by atoms with Crippen LogP contribution in [0.2, 0.25) is 0 Å². The molecule has 1 aromatic carbocycles. The monoisotopic (exact) mass is 446 g/mol. The number of ether oxygens (including phenoxy) is 1. The summed E-state index contributed by atoms with van der Waals surface area (Å²) in [5.41, 5.74) is -2.39. The van der Waals surface area contributed by atoms with E-state index in [1.807, 2.05) is 18.7 Å². The normalized spacial score (nSPS) is 24.5. The van der Waals surface area contributed by atoms with Gasteiger partial charge < -0.3 is 14.5 Å². The van der Waals surface area contributed by atoms with Crippen LogP contribution in [0, 0.1) is 22.2 Å². The Balaban J connectivity index is 1.62. The number of aromatic nitrogens is 1. The molecule has 4 rings (SSSR count). The highest BCUT2D eigenvalue weighted by Crippen LogP contribution is 2.75. The molecule has 170 valence electrons. The maximum atomic E-state index is 14.2. The van der Waals surface area contributed by atoms with Crippen LogP contribution in [0.15, 0.2) is 30.5 Å². The minimum Gasteiger partial charge on any atom is -0.464 e. The number of benzene rings is 1. The summed E-state index contributed by atoms with van der Waals surface area (Å²) in [5, 5.41) is 9.94. The van der Waals surface area contributed by atoms with Gasteiger partial charge in [0.1, 0.15) is 23.5 Å². The summed E-state index contributed by atoms with van der Waals surface area (Å²) in [6, 6.07) is 8.68. The fourth-order valence-corrected chi connectivity index (χ4v) is 5.03. The Morgan fingerprint density at radius 3 is 2.69 bits per heavy atom. The highest BCUT2D eigenvalue weighted by atomic mass is 19.4. The second-order valence-electron chi connectivity index (χ2n) is 8.50. The van der Waals surface area contributed by atoms with Gasteiger partial charge in [-0.05, 0) is 43.8 Å². The van der Waals surface area contributed by atoms with E-state index in [4.69, 9.17) is 4.74 Å². The van der Waals surface area contributed by atoms with Crippen molar-refractivity contribution < 1.29 is 22.7 Å². The Hall–Kier alpha value is -2.86. The van der Waals surface area contributed by atoms with Gasteiger partial charge in [0.2, 0.25) is 0 Å². The van der Waals surface area contributed by atoms with Crippen LogP contribution < -0.4 is 4.90 Å². The van der Waals surface area contributed by atoms with Crippen molar-refractivity contribution in [1.82, 2.24) is 9.88 Å². The third kappa shape index (κ3) is 3.28. The van der Waals surface area contributed by atoms with Crippen LogP contribution in [-0.4, -0.2) is 61.4 Å². The zero-order valence-electron chi connectivity index (χ0n) is 18.1. The second kappa shape index (κ2) is 7.93. The van der Waals surface area contributed by atoms with Crippen LogP contribution in [0.3, 0.4) is 0 Å². The molecular formula is C23H25F3N4O2. The summed E-state index contributed by atoms with van der Waals surface area (Å²) in [7, 11) is 0. The number of alkyl halides is 3. The first-order valence-corrected chi connectivity index (χ1v) is 10.7. The van der Waals surface area contributed by atoms with Crippen molar-refractivity contribution in [1.29, 1.82) is 5.26 Å². The highest BCUT2D eigenvalue weighted by molar-refractivity contribution is 5.96. The van der Waals surface area contributed by atoms with Crippen LogP contribution in [0.1, 0.15) is 25.8 Å². The molecule has 1 aliphatic heterocycles. The average Bonchev–Trinajstić information content (AvgIpc) is 3.33. The molecule has 2 fully saturated rings. The first-order valence-electron chi connectivity index (χ1n) is 10.7. The molecule has 1 saturated carbocycles. The van der Waals surface area contributed by atoms with E-state index in [1.54, 1.807) is 35.4 Å². The molecule has 0 amide bonds. The lowest BCUT2D eigenvalue weighted by Gasteiger charge is -2.25. The molecule has 2 aliphatic rings. The van der Waals surface area contributed by atoms with Gasteiger partial charge in [-0.2, -0.15) is 18.4 Å². The number of nitrogens with zero attached hydrogens (tertiary/aromatic N) is 4. The van der Waals surface area contributed by atoms with Crippen LogP contribution in [0.5, 0.6) is 0 Å². The number of carbonyl (C=O) groups excluding carboxylic acids is 1. The zero-order valence-corrected chi connectivity index (χ0v) is 18.1. The van der Waals surface area contributed by atoms with Gasteiger partial charge in [0.15, 0.2) is 0 Å². The molecule has 1 saturated heterocycles.